The summed E-state index contributed by atoms with van der Waals surface area (Å²) in [4.78, 5) is 18.2. The zero-order valence-corrected chi connectivity index (χ0v) is 14.2. The van der Waals surface area contributed by atoms with Gasteiger partial charge in [-0.25, -0.2) is 0 Å². The molecule has 0 spiro atoms. The number of hydrogen-bond acceptors (Lipinski definition) is 2. The molecule has 3 fully saturated rings. The maximum Gasteiger partial charge on any atom is 0.179 e. The highest BCUT2D eigenvalue weighted by atomic mass is 16.1. The van der Waals surface area contributed by atoms with Crippen LogP contribution in [0.1, 0.15) is 96.3 Å². The Balaban J connectivity index is 1.74. The van der Waals surface area contributed by atoms with Crippen LogP contribution in [0.4, 0.5) is 0 Å². The van der Waals surface area contributed by atoms with Crippen molar-refractivity contribution in [2.75, 3.05) is 0 Å². The Labute approximate surface area is 136 Å². The first-order valence-electron chi connectivity index (χ1n) is 9.96. The van der Waals surface area contributed by atoms with Crippen molar-refractivity contribution in [3.63, 3.8) is 0 Å². The summed E-state index contributed by atoms with van der Waals surface area (Å²) in [5, 5.41) is 0. The quantitative estimate of drug-likeness (QED) is 0.631. The summed E-state index contributed by atoms with van der Waals surface area (Å²) in [5.41, 5.74) is 1.04. The van der Waals surface area contributed by atoms with Gasteiger partial charge in [0, 0.05) is 11.8 Å². The minimum Gasteiger partial charge on any atom is -0.293 e. The summed E-state index contributed by atoms with van der Waals surface area (Å²) >= 11 is 0. The second-order valence-electron chi connectivity index (χ2n) is 7.84. The molecule has 0 amide bonds. The molecular formula is C20H33NO. The van der Waals surface area contributed by atoms with E-state index >= 15 is 0 Å². The molecule has 0 aromatic rings. The SMILES string of the molecule is O=C(C(=NC1CCCCC1)C1CCCCC1)C1CCCCC1. The molecule has 3 rings (SSSR count). The molecule has 0 radical (unpaired) electrons. The zero-order valence-electron chi connectivity index (χ0n) is 14.2. The average Bonchev–Trinajstić information content (AvgIpc) is 2.61. The van der Waals surface area contributed by atoms with Gasteiger partial charge < -0.3 is 0 Å². The Morgan fingerprint density at radius 1 is 0.591 bits per heavy atom. The van der Waals surface area contributed by atoms with Crippen LogP contribution >= 0.6 is 0 Å². The summed E-state index contributed by atoms with van der Waals surface area (Å²) in [6.45, 7) is 0. The van der Waals surface area contributed by atoms with E-state index in [9.17, 15) is 4.79 Å². The lowest BCUT2D eigenvalue weighted by molar-refractivity contribution is -0.117. The molecule has 0 bridgehead atoms. The minimum atomic E-state index is 0.304. The Morgan fingerprint density at radius 2 is 1.05 bits per heavy atom. The normalized spacial score (nSPS) is 27.0. The number of carbonyl (C=O) groups is 1. The average molecular weight is 303 g/mol. The van der Waals surface area contributed by atoms with E-state index in [0.717, 1.165) is 18.6 Å². The van der Waals surface area contributed by atoms with Crippen molar-refractivity contribution >= 4 is 11.5 Å². The third-order valence-electron chi connectivity index (χ3n) is 6.12. The molecule has 2 heteroatoms. The van der Waals surface area contributed by atoms with Gasteiger partial charge in [0.2, 0.25) is 0 Å². The van der Waals surface area contributed by atoms with Crippen molar-refractivity contribution in [2.24, 2.45) is 16.8 Å². The molecular weight excluding hydrogens is 270 g/mol. The maximum absolute atomic E-state index is 13.1. The number of ketones is 1. The van der Waals surface area contributed by atoms with Gasteiger partial charge in [0.15, 0.2) is 5.78 Å². The molecule has 0 aliphatic heterocycles. The van der Waals surface area contributed by atoms with Crippen molar-refractivity contribution in [1.82, 2.24) is 0 Å². The van der Waals surface area contributed by atoms with Crippen LogP contribution in [0.2, 0.25) is 0 Å². The van der Waals surface area contributed by atoms with Crippen LogP contribution in [0.15, 0.2) is 4.99 Å². The predicted molar refractivity (Wildman–Crippen MR) is 92.5 cm³/mol. The molecule has 0 saturated heterocycles. The second kappa shape index (κ2) is 8.26. The van der Waals surface area contributed by atoms with Gasteiger partial charge in [-0.2, -0.15) is 0 Å². The first-order valence-corrected chi connectivity index (χ1v) is 9.96. The van der Waals surface area contributed by atoms with Crippen LogP contribution in [0.5, 0.6) is 0 Å². The fourth-order valence-electron chi connectivity index (χ4n) is 4.73. The smallest absolute Gasteiger partial charge is 0.179 e. The number of nitrogens with zero attached hydrogens (tertiary/aromatic N) is 1. The molecule has 22 heavy (non-hydrogen) atoms. The monoisotopic (exact) mass is 303 g/mol. The van der Waals surface area contributed by atoms with Crippen LogP contribution in [0.3, 0.4) is 0 Å². The lowest BCUT2D eigenvalue weighted by Crippen LogP contribution is -2.33. The van der Waals surface area contributed by atoms with Crippen LogP contribution in [0.25, 0.3) is 0 Å². The van der Waals surface area contributed by atoms with Crippen LogP contribution in [-0.4, -0.2) is 17.5 Å². The molecule has 3 aliphatic rings. The molecule has 0 aromatic heterocycles. The Kier molecular flexibility index (Phi) is 6.09. The molecule has 0 aromatic carbocycles. The van der Waals surface area contributed by atoms with E-state index in [1.807, 2.05) is 0 Å². The highest BCUT2D eigenvalue weighted by Gasteiger charge is 2.31. The Morgan fingerprint density at radius 3 is 1.59 bits per heavy atom. The van der Waals surface area contributed by atoms with E-state index < -0.39 is 0 Å². The lowest BCUT2D eigenvalue weighted by atomic mass is 9.78. The summed E-state index contributed by atoms with van der Waals surface area (Å²) in [7, 11) is 0. The minimum absolute atomic E-state index is 0.304. The van der Waals surface area contributed by atoms with Crippen molar-refractivity contribution in [3.05, 3.63) is 0 Å². The van der Waals surface area contributed by atoms with E-state index in [1.54, 1.807) is 0 Å². The Bertz CT molecular complexity index is 383. The summed E-state index contributed by atoms with van der Waals surface area (Å²) in [6.07, 6.45) is 18.8. The van der Waals surface area contributed by atoms with Gasteiger partial charge in [-0.05, 0) is 38.5 Å². The maximum atomic E-state index is 13.1. The van der Waals surface area contributed by atoms with Crippen LogP contribution in [0, 0.1) is 11.8 Å². The highest BCUT2D eigenvalue weighted by molar-refractivity contribution is 6.41. The van der Waals surface area contributed by atoms with Crippen molar-refractivity contribution in [3.8, 4) is 0 Å². The van der Waals surface area contributed by atoms with Gasteiger partial charge in [-0.3, -0.25) is 9.79 Å². The zero-order chi connectivity index (χ0) is 15.2. The van der Waals surface area contributed by atoms with E-state index in [2.05, 4.69) is 0 Å². The first-order chi connectivity index (χ1) is 10.8. The number of hydrogen-bond donors (Lipinski definition) is 0. The van der Waals surface area contributed by atoms with Crippen molar-refractivity contribution in [1.29, 1.82) is 0 Å². The molecule has 0 atom stereocenters. The summed E-state index contributed by atoms with van der Waals surface area (Å²) < 4.78 is 0. The van der Waals surface area contributed by atoms with Gasteiger partial charge in [-0.1, -0.05) is 57.8 Å². The largest absolute Gasteiger partial charge is 0.293 e. The Hall–Kier alpha value is -0.660. The third-order valence-corrected chi connectivity index (χ3v) is 6.12. The fourth-order valence-corrected chi connectivity index (χ4v) is 4.73. The van der Waals surface area contributed by atoms with E-state index in [-0.39, 0.29) is 0 Å². The number of rotatable bonds is 4. The van der Waals surface area contributed by atoms with Crippen LogP contribution in [-0.2, 0) is 4.79 Å². The second-order valence-corrected chi connectivity index (χ2v) is 7.84. The van der Waals surface area contributed by atoms with Gasteiger partial charge in [0.25, 0.3) is 0 Å². The molecule has 3 saturated carbocycles. The molecule has 2 nitrogen and oxygen atoms in total. The summed E-state index contributed by atoms with van der Waals surface area (Å²) in [5.74, 6) is 1.25. The first kappa shape index (κ1) is 16.2. The van der Waals surface area contributed by atoms with Crippen LogP contribution < -0.4 is 0 Å². The lowest BCUT2D eigenvalue weighted by Gasteiger charge is -2.29. The van der Waals surface area contributed by atoms with E-state index in [4.69, 9.17) is 4.99 Å². The van der Waals surface area contributed by atoms with Gasteiger partial charge >= 0.3 is 0 Å². The number of aliphatic imine (C=N–C) groups is 1. The molecule has 0 N–H and O–H groups in total. The van der Waals surface area contributed by atoms with E-state index in [0.29, 0.717) is 23.7 Å². The summed E-state index contributed by atoms with van der Waals surface area (Å²) in [6, 6.07) is 0.457. The van der Waals surface area contributed by atoms with Gasteiger partial charge in [0.1, 0.15) is 0 Å². The van der Waals surface area contributed by atoms with E-state index in [1.165, 1.54) is 83.5 Å². The van der Waals surface area contributed by atoms with Crippen molar-refractivity contribution < 1.29 is 4.79 Å². The standard InChI is InChI=1S/C20H33NO/c22-20(17-12-6-2-7-13-17)19(16-10-4-1-5-11-16)21-18-14-8-3-9-15-18/h16-18H,1-15H2. The topological polar surface area (TPSA) is 29.4 Å². The molecule has 0 heterocycles. The van der Waals surface area contributed by atoms with Crippen molar-refractivity contribution in [2.45, 2.75) is 102 Å². The number of Topliss-reactive ketones (excluding diaryl/α,β-unsaturated/α-hetero) is 1. The van der Waals surface area contributed by atoms with Gasteiger partial charge in [-0.15, -0.1) is 0 Å². The molecule has 3 aliphatic carbocycles. The molecule has 124 valence electrons. The molecule has 0 unspecified atom stereocenters. The highest BCUT2D eigenvalue weighted by Crippen LogP contribution is 2.31. The number of carbonyl (C=O) groups excluding carboxylic acids is 1. The fraction of sp³-hybridized carbons (Fsp3) is 0.900. The third kappa shape index (κ3) is 4.20. The predicted octanol–water partition coefficient (Wildman–Crippen LogP) is 5.49. The van der Waals surface area contributed by atoms with Gasteiger partial charge in [0.05, 0.1) is 11.8 Å².